The molecule has 3 aromatic rings. The maximum atomic E-state index is 12.5. The minimum Gasteiger partial charge on any atom is -0.497 e. The van der Waals surface area contributed by atoms with Gasteiger partial charge in [0.1, 0.15) is 10.8 Å². The first-order chi connectivity index (χ1) is 14.5. The number of anilines is 2. The number of aromatic nitrogens is 2. The lowest BCUT2D eigenvalue weighted by Gasteiger charge is -2.18. The number of methoxy groups -OCH3 is 1. The molecule has 0 bridgehead atoms. The quantitative estimate of drug-likeness (QED) is 0.657. The summed E-state index contributed by atoms with van der Waals surface area (Å²) >= 11 is 1.33. The van der Waals surface area contributed by atoms with Crippen LogP contribution in [0, 0.1) is 6.92 Å². The van der Waals surface area contributed by atoms with E-state index in [9.17, 15) is 9.59 Å². The molecule has 1 fully saturated rings. The molecule has 1 aromatic heterocycles. The van der Waals surface area contributed by atoms with Gasteiger partial charge in [0, 0.05) is 24.6 Å². The van der Waals surface area contributed by atoms with Crippen LogP contribution in [-0.4, -0.2) is 35.7 Å². The predicted molar refractivity (Wildman–Crippen MR) is 116 cm³/mol. The van der Waals surface area contributed by atoms with E-state index in [1.165, 1.54) is 11.3 Å². The number of rotatable bonds is 6. The van der Waals surface area contributed by atoms with Crippen LogP contribution in [0.2, 0.25) is 0 Å². The van der Waals surface area contributed by atoms with Crippen LogP contribution in [0.15, 0.2) is 48.5 Å². The molecule has 1 aliphatic heterocycles. The Morgan fingerprint density at radius 1 is 1.20 bits per heavy atom. The maximum absolute atomic E-state index is 12.5. The molecular weight excluding hydrogens is 400 g/mol. The van der Waals surface area contributed by atoms with Crippen LogP contribution in [0.3, 0.4) is 0 Å². The fraction of sp³-hybridized carbons (Fsp3) is 0.273. The van der Waals surface area contributed by atoms with Crippen LogP contribution in [0.5, 0.6) is 5.75 Å². The normalized spacial score (nSPS) is 16.0. The van der Waals surface area contributed by atoms with Gasteiger partial charge in [0.25, 0.3) is 0 Å². The average Bonchev–Trinajstić information content (AvgIpc) is 3.35. The highest BCUT2D eigenvalue weighted by Crippen LogP contribution is 2.35. The standard InChI is InChI=1S/C22H22N4O3S/c1-14-5-3-4-6-18(14)26-13-16(12-20(26)28)21-24-25-22(30-21)23-19(27)11-15-7-9-17(29-2)10-8-15/h3-10,16H,11-13H2,1-2H3,(H,23,25,27). The lowest BCUT2D eigenvalue weighted by atomic mass is 10.1. The summed E-state index contributed by atoms with van der Waals surface area (Å²) in [6, 6.07) is 15.2. The predicted octanol–water partition coefficient (Wildman–Crippen LogP) is 3.56. The van der Waals surface area contributed by atoms with Crippen LogP contribution in [0.4, 0.5) is 10.8 Å². The number of amides is 2. The van der Waals surface area contributed by atoms with Gasteiger partial charge >= 0.3 is 0 Å². The van der Waals surface area contributed by atoms with Crippen molar-refractivity contribution in [2.45, 2.75) is 25.7 Å². The molecular formula is C22H22N4O3S. The van der Waals surface area contributed by atoms with E-state index in [4.69, 9.17) is 4.74 Å². The van der Waals surface area contributed by atoms with Crippen molar-refractivity contribution in [2.24, 2.45) is 0 Å². The van der Waals surface area contributed by atoms with Crippen molar-refractivity contribution >= 4 is 34.0 Å². The molecule has 154 valence electrons. The lowest BCUT2D eigenvalue weighted by Crippen LogP contribution is -2.25. The number of carbonyl (C=O) groups is 2. The molecule has 0 saturated carbocycles. The van der Waals surface area contributed by atoms with E-state index in [0.717, 1.165) is 27.6 Å². The average molecular weight is 423 g/mol. The van der Waals surface area contributed by atoms with E-state index >= 15 is 0 Å². The van der Waals surface area contributed by atoms with Crippen LogP contribution in [-0.2, 0) is 16.0 Å². The molecule has 1 N–H and O–H groups in total. The Labute approximate surface area is 178 Å². The highest BCUT2D eigenvalue weighted by atomic mass is 32.1. The summed E-state index contributed by atoms with van der Waals surface area (Å²) in [7, 11) is 1.60. The second-order valence-electron chi connectivity index (χ2n) is 7.21. The van der Waals surface area contributed by atoms with E-state index < -0.39 is 0 Å². The summed E-state index contributed by atoms with van der Waals surface area (Å²) in [6.45, 7) is 2.56. The Balaban J connectivity index is 1.38. The van der Waals surface area contributed by atoms with Gasteiger partial charge in [-0.15, -0.1) is 10.2 Å². The molecule has 8 heteroatoms. The van der Waals surface area contributed by atoms with Crippen molar-refractivity contribution in [3.05, 3.63) is 64.7 Å². The summed E-state index contributed by atoms with van der Waals surface area (Å²) in [5.74, 6) is 0.641. The number of para-hydroxylation sites is 1. The summed E-state index contributed by atoms with van der Waals surface area (Å²) < 4.78 is 5.13. The Morgan fingerprint density at radius 2 is 1.97 bits per heavy atom. The summed E-state index contributed by atoms with van der Waals surface area (Å²) in [6.07, 6.45) is 0.630. The molecule has 1 aliphatic rings. The number of benzene rings is 2. The number of nitrogens with one attached hydrogen (secondary N) is 1. The third kappa shape index (κ3) is 4.33. The zero-order valence-electron chi connectivity index (χ0n) is 16.8. The molecule has 0 aliphatic carbocycles. The second kappa shape index (κ2) is 8.62. The van der Waals surface area contributed by atoms with Crippen molar-refractivity contribution < 1.29 is 14.3 Å². The Hall–Kier alpha value is -3.26. The highest BCUT2D eigenvalue weighted by Gasteiger charge is 2.34. The van der Waals surface area contributed by atoms with E-state index in [1.807, 2.05) is 60.4 Å². The number of hydrogen-bond donors (Lipinski definition) is 1. The second-order valence-corrected chi connectivity index (χ2v) is 8.22. The van der Waals surface area contributed by atoms with Gasteiger partial charge in [0.2, 0.25) is 16.9 Å². The summed E-state index contributed by atoms with van der Waals surface area (Å²) in [5.41, 5.74) is 2.88. The zero-order chi connectivity index (χ0) is 21.1. The molecule has 2 aromatic carbocycles. The molecule has 30 heavy (non-hydrogen) atoms. The van der Waals surface area contributed by atoms with E-state index in [-0.39, 0.29) is 24.2 Å². The van der Waals surface area contributed by atoms with Gasteiger partial charge in [-0.2, -0.15) is 0 Å². The first kappa shape index (κ1) is 20.0. The molecule has 1 atom stereocenters. The third-order valence-electron chi connectivity index (χ3n) is 5.09. The summed E-state index contributed by atoms with van der Waals surface area (Å²) in [5, 5.41) is 12.3. The topological polar surface area (TPSA) is 84.4 Å². The molecule has 0 spiro atoms. The fourth-order valence-corrected chi connectivity index (χ4v) is 4.37. The van der Waals surface area contributed by atoms with E-state index in [0.29, 0.717) is 18.1 Å². The van der Waals surface area contributed by atoms with Gasteiger partial charge in [0.15, 0.2) is 0 Å². The van der Waals surface area contributed by atoms with Gasteiger partial charge in [-0.05, 0) is 36.2 Å². The van der Waals surface area contributed by atoms with Crippen LogP contribution < -0.4 is 15.0 Å². The molecule has 2 amide bonds. The lowest BCUT2D eigenvalue weighted by molar-refractivity contribution is -0.117. The Morgan fingerprint density at radius 3 is 2.70 bits per heavy atom. The number of carbonyl (C=O) groups excluding carboxylic acids is 2. The van der Waals surface area contributed by atoms with Gasteiger partial charge in [-0.1, -0.05) is 41.7 Å². The van der Waals surface area contributed by atoms with Gasteiger partial charge in [0.05, 0.1) is 13.5 Å². The summed E-state index contributed by atoms with van der Waals surface area (Å²) in [4.78, 5) is 26.7. The molecule has 2 heterocycles. The minimum atomic E-state index is -0.160. The van der Waals surface area contributed by atoms with Gasteiger partial charge < -0.3 is 15.0 Å². The molecule has 0 radical (unpaired) electrons. The third-order valence-corrected chi connectivity index (χ3v) is 6.09. The fourth-order valence-electron chi connectivity index (χ4n) is 3.51. The SMILES string of the molecule is COc1ccc(CC(=O)Nc2nnc(C3CC(=O)N(c4ccccc4C)C3)s2)cc1. The first-order valence-corrected chi connectivity index (χ1v) is 10.5. The van der Waals surface area contributed by atoms with Crippen molar-refractivity contribution in [1.29, 1.82) is 0 Å². The largest absolute Gasteiger partial charge is 0.497 e. The minimum absolute atomic E-state index is 0.0261. The number of nitrogens with zero attached hydrogens (tertiary/aromatic N) is 3. The number of aryl methyl sites for hydroxylation is 1. The smallest absolute Gasteiger partial charge is 0.230 e. The van der Waals surface area contributed by atoms with Crippen molar-refractivity contribution in [3.8, 4) is 5.75 Å². The van der Waals surface area contributed by atoms with E-state index in [1.54, 1.807) is 7.11 Å². The van der Waals surface area contributed by atoms with Crippen molar-refractivity contribution in [1.82, 2.24) is 10.2 Å². The van der Waals surface area contributed by atoms with Crippen LogP contribution in [0.1, 0.15) is 28.5 Å². The molecule has 1 unspecified atom stereocenters. The van der Waals surface area contributed by atoms with E-state index in [2.05, 4.69) is 15.5 Å². The molecule has 1 saturated heterocycles. The number of ether oxygens (including phenoxy) is 1. The Bertz CT molecular complexity index is 1060. The van der Waals surface area contributed by atoms with Crippen molar-refractivity contribution in [3.63, 3.8) is 0 Å². The molecule has 4 rings (SSSR count). The Kier molecular flexibility index (Phi) is 5.76. The van der Waals surface area contributed by atoms with Gasteiger partial charge in [-0.3, -0.25) is 9.59 Å². The van der Waals surface area contributed by atoms with Crippen LogP contribution in [0.25, 0.3) is 0 Å². The highest BCUT2D eigenvalue weighted by molar-refractivity contribution is 7.15. The maximum Gasteiger partial charge on any atom is 0.230 e. The first-order valence-electron chi connectivity index (χ1n) is 9.65. The van der Waals surface area contributed by atoms with Crippen molar-refractivity contribution in [2.75, 3.05) is 23.9 Å². The number of hydrogen-bond acceptors (Lipinski definition) is 6. The van der Waals surface area contributed by atoms with Crippen LogP contribution >= 0.6 is 11.3 Å². The zero-order valence-corrected chi connectivity index (χ0v) is 17.6. The molecule has 7 nitrogen and oxygen atoms in total. The van der Waals surface area contributed by atoms with Gasteiger partial charge in [-0.25, -0.2) is 0 Å². The monoisotopic (exact) mass is 422 g/mol.